The topological polar surface area (TPSA) is 57.6 Å². The zero-order chi connectivity index (χ0) is 14.8. The number of carbonyl (C=O) groups is 2. The third-order valence-electron chi connectivity index (χ3n) is 4.74. The highest BCUT2D eigenvalue weighted by atomic mass is 16.4. The van der Waals surface area contributed by atoms with Crippen molar-refractivity contribution in [3.8, 4) is 0 Å². The van der Waals surface area contributed by atoms with Crippen LogP contribution in [0, 0.1) is 11.8 Å². The Morgan fingerprint density at radius 2 is 1.90 bits per heavy atom. The highest BCUT2D eigenvalue weighted by molar-refractivity contribution is 5.95. The molecule has 1 aromatic carbocycles. The molecule has 0 aromatic heterocycles. The molecule has 1 unspecified atom stereocenters. The van der Waals surface area contributed by atoms with Gasteiger partial charge in [-0.1, -0.05) is 31.0 Å². The van der Waals surface area contributed by atoms with Gasteiger partial charge in [0.2, 0.25) is 5.91 Å². The minimum absolute atomic E-state index is 0.0836. The molecule has 1 aromatic rings. The number of anilines is 1. The van der Waals surface area contributed by atoms with Gasteiger partial charge in [0.15, 0.2) is 0 Å². The Kier molecular flexibility index (Phi) is 3.95. The average Bonchev–Trinajstić information content (AvgIpc) is 2.98. The lowest BCUT2D eigenvalue weighted by atomic mass is 9.91. The van der Waals surface area contributed by atoms with E-state index < -0.39 is 11.9 Å². The molecular formula is C17H21NO3. The fourth-order valence-corrected chi connectivity index (χ4v) is 3.57. The van der Waals surface area contributed by atoms with Gasteiger partial charge in [0.25, 0.3) is 0 Å². The molecule has 1 heterocycles. The zero-order valence-electron chi connectivity index (χ0n) is 12.1. The van der Waals surface area contributed by atoms with E-state index in [9.17, 15) is 14.7 Å². The van der Waals surface area contributed by atoms with E-state index in [0.29, 0.717) is 25.3 Å². The molecule has 0 spiro atoms. The molecule has 1 N–H and O–H groups in total. The van der Waals surface area contributed by atoms with Crippen molar-refractivity contribution in [1.82, 2.24) is 0 Å². The molecule has 0 bridgehead atoms. The van der Waals surface area contributed by atoms with Crippen LogP contribution < -0.4 is 4.90 Å². The van der Waals surface area contributed by atoms with Crippen molar-refractivity contribution in [2.24, 2.45) is 11.8 Å². The Morgan fingerprint density at radius 3 is 2.62 bits per heavy atom. The number of carboxylic acid groups (broad SMARTS) is 1. The smallest absolute Gasteiger partial charge is 0.308 e. The number of hydrogen-bond donors (Lipinski definition) is 1. The molecule has 2 aliphatic rings. The molecule has 1 fully saturated rings. The van der Waals surface area contributed by atoms with E-state index in [1.807, 2.05) is 24.3 Å². The monoisotopic (exact) mass is 287 g/mol. The van der Waals surface area contributed by atoms with Crippen LogP contribution in [0.25, 0.3) is 0 Å². The molecule has 112 valence electrons. The van der Waals surface area contributed by atoms with Crippen molar-refractivity contribution in [2.45, 2.75) is 38.5 Å². The van der Waals surface area contributed by atoms with Crippen LogP contribution in [0.15, 0.2) is 24.3 Å². The lowest BCUT2D eigenvalue weighted by molar-refractivity contribution is -0.141. The molecule has 1 aliphatic heterocycles. The zero-order valence-corrected chi connectivity index (χ0v) is 12.1. The van der Waals surface area contributed by atoms with Gasteiger partial charge in [0.1, 0.15) is 0 Å². The largest absolute Gasteiger partial charge is 0.481 e. The van der Waals surface area contributed by atoms with Crippen LogP contribution in [0.5, 0.6) is 0 Å². The van der Waals surface area contributed by atoms with Crippen LogP contribution in [0.3, 0.4) is 0 Å². The number of carbonyl (C=O) groups excluding carboxylic acids is 1. The van der Waals surface area contributed by atoms with Gasteiger partial charge in [0.05, 0.1) is 5.92 Å². The van der Waals surface area contributed by atoms with Crippen molar-refractivity contribution >= 4 is 17.6 Å². The minimum Gasteiger partial charge on any atom is -0.481 e. The quantitative estimate of drug-likeness (QED) is 0.930. The van der Waals surface area contributed by atoms with Crippen molar-refractivity contribution in [2.75, 3.05) is 11.4 Å². The lowest BCUT2D eigenvalue weighted by Gasteiger charge is -2.33. The van der Waals surface area contributed by atoms with Gasteiger partial charge in [-0.25, -0.2) is 0 Å². The summed E-state index contributed by atoms with van der Waals surface area (Å²) in [4.78, 5) is 25.7. The number of nitrogens with zero attached hydrogens (tertiary/aromatic N) is 1. The minimum atomic E-state index is -0.817. The number of benzene rings is 1. The van der Waals surface area contributed by atoms with Gasteiger partial charge in [0, 0.05) is 18.7 Å². The summed E-state index contributed by atoms with van der Waals surface area (Å²) in [7, 11) is 0. The SMILES string of the molecule is O=C(O)C1Cc2ccccc2N(C(=O)CC2CCCC2)C1. The predicted octanol–water partition coefficient (Wildman–Crippen LogP) is 2.86. The van der Waals surface area contributed by atoms with Gasteiger partial charge < -0.3 is 10.0 Å². The van der Waals surface area contributed by atoms with E-state index in [0.717, 1.165) is 24.1 Å². The Bertz CT molecular complexity index is 549. The highest BCUT2D eigenvalue weighted by Gasteiger charge is 2.33. The molecule has 0 saturated heterocycles. The van der Waals surface area contributed by atoms with E-state index in [-0.39, 0.29) is 5.91 Å². The number of hydrogen-bond acceptors (Lipinski definition) is 2. The summed E-state index contributed by atoms with van der Waals surface area (Å²) >= 11 is 0. The Labute approximate surface area is 124 Å². The molecule has 1 saturated carbocycles. The van der Waals surface area contributed by atoms with Gasteiger partial charge >= 0.3 is 5.97 Å². The van der Waals surface area contributed by atoms with E-state index in [2.05, 4.69) is 0 Å². The highest BCUT2D eigenvalue weighted by Crippen LogP contribution is 2.33. The second-order valence-corrected chi connectivity index (χ2v) is 6.23. The maximum Gasteiger partial charge on any atom is 0.308 e. The third-order valence-corrected chi connectivity index (χ3v) is 4.74. The molecule has 1 atom stereocenters. The summed E-state index contributed by atoms with van der Waals surface area (Å²) < 4.78 is 0. The standard InChI is InChI=1S/C17H21NO3/c19-16(9-12-5-1-2-6-12)18-11-14(17(20)21)10-13-7-3-4-8-15(13)18/h3-4,7-8,12,14H,1-2,5-6,9-11H2,(H,20,21). The van der Waals surface area contributed by atoms with E-state index >= 15 is 0 Å². The summed E-state index contributed by atoms with van der Waals surface area (Å²) in [5, 5.41) is 9.31. The molecular weight excluding hydrogens is 266 g/mol. The van der Waals surface area contributed by atoms with E-state index in [4.69, 9.17) is 0 Å². The number of carboxylic acids is 1. The molecule has 4 heteroatoms. The third kappa shape index (κ3) is 2.94. The van der Waals surface area contributed by atoms with Crippen LogP contribution in [-0.2, 0) is 16.0 Å². The lowest BCUT2D eigenvalue weighted by Crippen LogP contribution is -2.43. The first kappa shape index (κ1) is 14.1. The maximum atomic E-state index is 12.6. The first-order chi connectivity index (χ1) is 10.1. The van der Waals surface area contributed by atoms with Gasteiger partial charge in [-0.3, -0.25) is 9.59 Å². The van der Waals surface area contributed by atoms with Gasteiger partial charge in [-0.15, -0.1) is 0 Å². The average molecular weight is 287 g/mol. The number of aliphatic carboxylic acids is 1. The number of para-hydroxylation sites is 1. The normalized spacial score (nSPS) is 22.1. The number of rotatable bonds is 3. The Morgan fingerprint density at radius 1 is 1.19 bits per heavy atom. The molecule has 1 amide bonds. The summed E-state index contributed by atoms with van der Waals surface area (Å²) in [6.45, 7) is 0.303. The molecule has 21 heavy (non-hydrogen) atoms. The van der Waals surface area contributed by atoms with Crippen molar-refractivity contribution in [3.05, 3.63) is 29.8 Å². The summed E-state index contributed by atoms with van der Waals surface area (Å²) in [5.74, 6) is -0.745. The second-order valence-electron chi connectivity index (χ2n) is 6.23. The summed E-state index contributed by atoms with van der Waals surface area (Å²) in [6.07, 6.45) is 5.76. The number of fused-ring (bicyclic) bond motifs is 1. The van der Waals surface area contributed by atoms with Crippen LogP contribution >= 0.6 is 0 Å². The van der Waals surface area contributed by atoms with Crippen molar-refractivity contribution in [1.29, 1.82) is 0 Å². The van der Waals surface area contributed by atoms with Crippen molar-refractivity contribution < 1.29 is 14.7 Å². The number of amides is 1. The Hall–Kier alpha value is -1.84. The Balaban J connectivity index is 1.81. The molecule has 3 rings (SSSR count). The van der Waals surface area contributed by atoms with Crippen LogP contribution in [0.4, 0.5) is 5.69 Å². The second kappa shape index (κ2) is 5.88. The van der Waals surface area contributed by atoms with E-state index in [1.165, 1.54) is 12.8 Å². The predicted molar refractivity (Wildman–Crippen MR) is 80.2 cm³/mol. The fraction of sp³-hybridized carbons (Fsp3) is 0.529. The first-order valence-corrected chi connectivity index (χ1v) is 7.76. The molecule has 4 nitrogen and oxygen atoms in total. The van der Waals surface area contributed by atoms with E-state index in [1.54, 1.807) is 4.90 Å². The van der Waals surface area contributed by atoms with Crippen LogP contribution in [-0.4, -0.2) is 23.5 Å². The maximum absolute atomic E-state index is 12.6. The van der Waals surface area contributed by atoms with Gasteiger partial charge in [-0.2, -0.15) is 0 Å². The fourth-order valence-electron chi connectivity index (χ4n) is 3.57. The van der Waals surface area contributed by atoms with Gasteiger partial charge in [-0.05, 0) is 36.8 Å². The van der Waals surface area contributed by atoms with Crippen molar-refractivity contribution in [3.63, 3.8) is 0 Å². The van der Waals surface area contributed by atoms with Crippen LogP contribution in [0.1, 0.15) is 37.7 Å². The summed E-state index contributed by atoms with van der Waals surface area (Å²) in [6, 6.07) is 7.68. The molecule has 0 radical (unpaired) electrons. The summed E-state index contributed by atoms with van der Waals surface area (Å²) in [5.41, 5.74) is 1.87. The molecule has 1 aliphatic carbocycles. The first-order valence-electron chi connectivity index (χ1n) is 7.76. The van der Waals surface area contributed by atoms with Crippen LogP contribution in [0.2, 0.25) is 0 Å².